The first-order valence-corrected chi connectivity index (χ1v) is 5.70. The molecule has 0 atom stereocenters. The fraction of sp³-hybridized carbons (Fsp3) is 0.0769. The van der Waals surface area contributed by atoms with E-state index in [2.05, 4.69) is 10.1 Å². The third-order valence-electron chi connectivity index (χ3n) is 2.21. The Morgan fingerprint density at radius 2 is 1.94 bits per heavy atom. The Morgan fingerprint density at radius 1 is 1.17 bits per heavy atom. The fourth-order valence-corrected chi connectivity index (χ4v) is 1.52. The van der Waals surface area contributed by atoms with Gasteiger partial charge in [-0.25, -0.2) is 0 Å². The summed E-state index contributed by atoms with van der Waals surface area (Å²) in [5.74, 6) is 1.39. The summed E-state index contributed by atoms with van der Waals surface area (Å²) in [5.41, 5.74) is 0.707. The standard InChI is InChI=1S/C13H11ClN2O2/c14-13(16-17)8-10-6-7-12(9-15-10)18-11-4-2-1-3-5-11/h1-7,9,17H,8H2/b16-13-. The third kappa shape index (κ3) is 3.46. The van der Waals surface area contributed by atoms with Crippen molar-refractivity contribution in [1.29, 1.82) is 0 Å². The molecule has 0 spiro atoms. The molecule has 2 rings (SSSR count). The van der Waals surface area contributed by atoms with Crippen LogP contribution in [0.3, 0.4) is 0 Å². The molecule has 18 heavy (non-hydrogen) atoms. The van der Waals surface area contributed by atoms with E-state index < -0.39 is 0 Å². The number of nitrogens with zero attached hydrogens (tertiary/aromatic N) is 2. The number of rotatable bonds is 4. The van der Waals surface area contributed by atoms with Crippen LogP contribution in [0.2, 0.25) is 0 Å². The lowest BCUT2D eigenvalue weighted by atomic mass is 10.3. The van der Waals surface area contributed by atoms with Gasteiger partial charge in [-0.05, 0) is 24.3 Å². The highest BCUT2D eigenvalue weighted by molar-refractivity contribution is 6.65. The number of benzene rings is 1. The van der Waals surface area contributed by atoms with E-state index in [-0.39, 0.29) is 5.17 Å². The lowest BCUT2D eigenvalue weighted by Crippen LogP contribution is -1.97. The molecule has 92 valence electrons. The quantitative estimate of drug-likeness (QED) is 0.522. The van der Waals surface area contributed by atoms with E-state index in [1.54, 1.807) is 18.3 Å². The van der Waals surface area contributed by atoms with Gasteiger partial charge in [0.2, 0.25) is 0 Å². The molecular formula is C13H11ClN2O2. The first-order valence-electron chi connectivity index (χ1n) is 5.32. The minimum absolute atomic E-state index is 0.0965. The summed E-state index contributed by atoms with van der Waals surface area (Å²) in [4.78, 5) is 4.16. The van der Waals surface area contributed by atoms with Crippen molar-refractivity contribution in [2.24, 2.45) is 5.16 Å². The van der Waals surface area contributed by atoms with Gasteiger partial charge in [0.15, 0.2) is 5.17 Å². The van der Waals surface area contributed by atoms with E-state index in [1.807, 2.05) is 30.3 Å². The number of pyridine rings is 1. The molecule has 1 N–H and O–H groups in total. The van der Waals surface area contributed by atoms with Crippen LogP contribution < -0.4 is 4.74 Å². The van der Waals surface area contributed by atoms with Crippen molar-refractivity contribution in [3.05, 3.63) is 54.4 Å². The van der Waals surface area contributed by atoms with Crippen molar-refractivity contribution in [3.8, 4) is 11.5 Å². The van der Waals surface area contributed by atoms with Crippen molar-refractivity contribution >= 4 is 16.8 Å². The largest absolute Gasteiger partial charge is 0.456 e. The summed E-state index contributed by atoms with van der Waals surface area (Å²) in [7, 11) is 0. The molecule has 0 saturated carbocycles. The molecule has 0 aliphatic heterocycles. The van der Waals surface area contributed by atoms with E-state index in [0.29, 0.717) is 17.9 Å². The molecule has 0 radical (unpaired) electrons. The van der Waals surface area contributed by atoms with Gasteiger partial charge in [0.1, 0.15) is 11.5 Å². The molecule has 1 aromatic carbocycles. The predicted molar refractivity (Wildman–Crippen MR) is 69.5 cm³/mol. The van der Waals surface area contributed by atoms with Crippen molar-refractivity contribution in [1.82, 2.24) is 4.98 Å². The first-order chi connectivity index (χ1) is 8.78. The molecule has 0 fully saturated rings. The SMILES string of the molecule is O/N=C(\Cl)Cc1ccc(Oc2ccccc2)cn1. The Labute approximate surface area is 109 Å². The molecule has 0 bridgehead atoms. The van der Waals surface area contributed by atoms with Crippen LogP contribution in [0, 0.1) is 0 Å². The number of hydrogen-bond donors (Lipinski definition) is 1. The molecule has 1 heterocycles. The molecule has 0 aliphatic rings. The Kier molecular flexibility index (Phi) is 4.15. The fourth-order valence-electron chi connectivity index (χ4n) is 1.39. The minimum atomic E-state index is 0.0965. The van der Waals surface area contributed by atoms with E-state index in [9.17, 15) is 0 Å². The molecule has 1 aromatic heterocycles. The molecule has 4 nitrogen and oxygen atoms in total. The smallest absolute Gasteiger partial charge is 0.151 e. The number of para-hydroxylation sites is 1. The first kappa shape index (κ1) is 12.4. The van der Waals surface area contributed by atoms with Crippen LogP contribution in [-0.2, 0) is 6.42 Å². The maximum Gasteiger partial charge on any atom is 0.151 e. The average Bonchev–Trinajstić information content (AvgIpc) is 2.42. The van der Waals surface area contributed by atoms with Gasteiger partial charge in [-0.3, -0.25) is 4.98 Å². The van der Waals surface area contributed by atoms with Crippen LogP contribution in [0.1, 0.15) is 5.69 Å². The second-order valence-corrected chi connectivity index (χ2v) is 3.99. The summed E-state index contributed by atoms with van der Waals surface area (Å²) < 4.78 is 5.59. The molecule has 0 saturated heterocycles. The van der Waals surface area contributed by atoms with Crippen LogP contribution in [0.4, 0.5) is 0 Å². The van der Waals surface area contributed by atoms with Gasteiger partial charge in [0.25, 0.3) is 0 Å². The number of oxime groups is 1. The van der Waals surface area contributed by atoms with E-state index in [0.717, 1.165) is 5.75 Å². The average molecular weight is 263 g/mol. The van der Waals surface area contributed by atoms with Gasteiger partial charge in [-0.1, -0.05) is 35.0 Å². The normalized spacial score (nSPS) is 11.3. The van der Waals surface area contributed by atoms with Crippen molar-refractivity contribution < 1.29 is 9.94 Å². The van der Waals surface area contributed by atoms with Crippen LogP contribution >= 0.6 is 11.6 Å². The zero-order valence-electron chi connectivity index (χ0n) is 9.45. The second kappa shape index (κ2) is 6.02. The van der Waals surface area contributed by atoms with E-state index >= 15 is 0 Å². The lowest BCUT2D eigenvalue weighted by Gasteiger charge is -2.05. The summed E-state index contributed by atoms with van der Waals surface area (Å²) in [6, 6.07) is 13.0. The topological polar surface area (TPSA) is 54.7 Å². The maximum absolute atomic E-state index is 8.45. The van der Waals surface area contributed by atoms with Crippen LogP contribution in [0.25, 0.3) is 0 Å². The second-order valence-electron chi connectivity index (χ2n) is 3.55. The third-order valence-corrected chi connectivity index (χ3v) is 2.42. The highest BCUT2D eigenvalue weighted by atomic mass is 35.5. The van der Waals surface area contributed by atoms with Gasteiger partial charge in [-0.15, -0.1) is 0 Å². The highest BCUT2D eigenvalue weighted by Gasteiger charge is 2.02. The van der Waals surface area contributed by atoms with Crippen molar-refractivity contribution in [3.63, 3.8) is 0 Å². The van der Waals surface area contributed by atoms with Gasteiger partial charge in [0, 0.05) is 12.1 Å². The summed E-state index contributed by atoms with van der Waals surface area (Å²) in [6.45, 7) is 0. The highest BCUT2D eigenvalue weighted by Crippen LogP contribution is 2.19. The Morgan fingerprint density at radius 3 is 2.56 bits per heavy atom. The van der Waals surface area contributed by atoms with Gasteiger partial charge in [-0.2, -0.15) is 0 Å². The number of aromatic nitrogens is 1. The molecule has 0 amide bonds. The van der Waals surface area contributed by atoms with Crippen LogP contribution in [0.15, 0.2) is 53.8 Å². The summed E-state index contributed by atoms with van der Waals surface area (Å²) in [5, 5.41) is 11.4. The molecular weight excluding hydrogens is 252 g/mol. The Hall–Kier alpha value is -2.07. The molecule has 5 heteroatoms. The number of halogens is 1. The molecule has 0 aliphatic carbocycles. The van der Waals surface area contributed by atoms with Crippen LogP contribution in [-0.4, -0.2) is 15.4 Å². The molecule has 2 aromatic rings. The maximum atomic E-state index is 8.45. The zero-order valence-corrected chi connectivity index (χ0v) is 10.2. The predicted octanol–water partition coefficient (Wildman–Crippen LogP) is 3.44. The molecule has 0 unspecified atom stereocenters. The number of ether oxygens (including phenoxy) is 1. The Bertz CT molecular complexity index is 526. The van der Waals surface area contributed by atoms with Crippen molar-refractivity contribution in [2.75, 3.05) is 0 Å². The summed E-state index contributed by atoms with van der Waals surface area (Å²) >= 11 is 5.60. The van der Waals surface area contributed by atoms with Gasteiger partial charge < -0.3 is 9.94 Å². The Balaban J connectivity index is 2.04. The van der Waals surface area contributed by atoms with Crippen molar-refractivity contribution in [2.45, 2.75) is 6.42 Å². The van der Waals surface area contributed by atoms with Gasteiger partial charge >= 0.3 is 0 Å². The zero-order chi connectivity index (χ0) is 12.8. The lowest BCUT2D eigenvalue weighted by molar-refractivity contribution is 0.319. The monoisotopic (exact) mass is 262 g/mol. The number of hydrogen-bond acceptors (Lipinski definition) is 4. The minimum Gasteiger partial charge on any atom is -0.456 e. The summed E-state index contributed by atoms with van der Waals surface area (Å²) in [6.07, 6.45) is 1.90. The van der Waals surface area contributed by atoms with Gasteiger partial charge in [0.05, 0.1) is 6.20 Å². The van der Waals surface area contributed by atoms with E-state index in [1.165, 1.54) is 0 Å². The van der Waals surface area contributed by atoms with Crippen LogP contribution in [0.5, 0.6) is 11.5 Å². The van der Waals surface area contributed by atoms with E-state index in [4.69, 9.17) is 21.5 Å².